The molecular formula is C49H90O5. The number of allylic oxidation sites excluding steroid dienone is 6. The second-order valence-corrected chi connectivity index (χ2v) is 15.7. The van der Waals surface area contributed by atoms with Crippen molar-refractivity contribution in [3.05, 3.63) is 36.5 Å². The maximum atomic E-state index is 12.5. The normalized spacial score (nSPS) is 12.4. The van der Waals surface area contributed by atoms with Gasteiger partial charge in [0.05, 0.1) is 6.61 Å². The van der Waals surface area contributed by atoms with Gasteiger partial charge >= 0.3 is 11.9 Å². The minimum absolute atomic E-state index is 0.0821. The number of rotatable bonds is 43. The Bertz CT molecular complexity index is 862. The van der Waals surface area contributed by atoms with Gasteiger partial charge in [-0.15, -0.1) is 0 Å². The lowest BCUT2D eigenvalue weighted by Crippen LogP contribution is -2.30. The van der Waals surface area contributed by atoms with E-state index in [0.29, 0.717) is 19.4 Å². The van der Waals surface area contributed by atoms with Crippen molar-refractivity contribution >= 4 is 11.9 Å². The van der Waals surface area contributed by atoms with Gasteiger partial charge in [0.1, 0.15) is 6.61 Å². The third kappa shape index (κ3) is 42.9. The largest absolute Gasteiger partial charge is 0.462 e. The molecule has 0 aromatic rings. The Kier molecular flexibility index (Phi) is 43.9. The van der Waals surface area contributed by atoms with E-state index < -0.39 is 6.10 Å². The minimum atomic E-state index is -0.534. The topological polar surface area (TPSA) is 61.8 Å². The van der Waals surface area contributed by atoms with Gasteiger partial charge in [0.15, 0.2) is 6.10 Å². The van der Waals surface area contributed by atoms with Gasteiger partial charge in [0, 0.05) is 19.4 Å². The number of carbonyl (C=O) groups is 2. The molecule has 5 heteroatoms. The van der Waals surface area contributed by atoms with E-state index in [2.05, 4.69) is 57.2 Å². The predicted octanol–water partition coefficient (Wildman–Crippen LogP) is 15.4. The molecule has 0 aromatic heterocycles. The molecule has 0 aliphatic rings. The summed E-state index contributed by atoms with van der Waals surface area (Å²) in [6.45, 7) is 7.69. The zero-order chi connectivity index (χ0) is 39.3. The van der Waals surface area contributed by atoms with Crippen molar-refractivity contribution in [2.75, 3.05) is 19.8 Å². The lowest BCUT2D eigenvalue weighted by Gasteiger charge is -2.18. The van der Waals surface area contributed by atoms with E-state index in [1.165, 1.54) is 154 Å². The number of unbranched alkanes of at least 4 members (excludes halogenated alkanes) is 26. The number of carbonyl (C=O) groups excluding carboxylic acids is 2. The fourth-order valence-corrected chi connectivity index (χ4v) is 6.60. The zero-order valence-electron chi connectivity index (χ0n) is 36.2. The lowest BCUT2D eigenvalue weighted by atomic mass is 10.1. The van der Waals surface area contributed by atoms with Crippen LogP contribution in [0.15, 0.2) is 36.5 Å². The number of esters is 2. The van der Waals surface area contributed by atoms with Gasteiger partial charge in [0.2, 0.25) is 0 Å². The first kappa shape index (κ1) is 52.1. The van der Waals surface area contributed by atoms with E-state index in [4.69, 9.17) is 14.2 Å². The van der Waals surface area contributed by atoms with Crippen molar-refractivity contribution in [2.24, 2.45) is 0 Å². The summed E-state index contributed by atoms with van der Waals surface area (Å²) in [6.07, 6.45) is 53.2. The van der Waals surface area contributed by atoms with Gasteiger partial charge in [0.25, 0.3) is 0 Å². The van der Waals surface area contributed by atoms with E-state index in [1.54, 1.807) is 0 Å². The molecule has 0 saturated heterocycles. The highest BCUT2D eigenvalue weighted by Crippen LogP contribution is 2.14. The molecule has 0 rings (SSSR count). The van der Waals surface area contributed by atoms with Crippen LogP contribution in [0.3, 0.4) is 0 Å². The summed E-state index contributed by atoms with van der Waals surface area (Å²) < 4.78 is 17.2. The van der Waals surface area contributed by atoms with Crippen molar-refractivity contribution in [1.82, 2.24) is 0 Å². The van der Waals surface area contributed by atoms with Gasteiger partial charge in [-0.3, -0.25) is 9.59 Å². The standard InChI is InChI=1S/C49H90O5/c1-4-7-10-13-15-17-19-21-23-24-25-26-27-28-30-32-34-37-39-42-48(50)53-46-47(54-49(51)43-40-36-12-9-6-3)45-52-44-41-38-35-33-31-29-22-20-18-16-14-11-8-5-2/h11,14,18,20-21,23,47H,4-10,12-13,15-17,19,22,24-46H2,1-3H3/b14-11-,20-18-,23-21-. The van der Waals surface area contributed by atoms with Crippen LogP contribution < -0.4 is 0 Å². The summed E-state index contributed by atoms with van der Waals surface area (Å²) in [5, 5.41) is 0. The van der Waals surface area contributed by atoms with Crippen LogP contribution in [0.5, 0.6) is 0 Å². The highest BCUT2D eigenvalue weighted by atomic mass is 16.6. The molecule has 0 radical (unpaired) electrons. The Hall–Kier alpha value is -1.88. The van der Waals surface area contributed by atoms with Crippen LogP contribution in [0.1, 0.15) is 239 Å². The molecule has 0 saturated carbocycles. The summed E-state index contributed by atoms with van der Waals surface area (Å²) in [5.41, 5.74) is 0. The van der Waals surface area contributed by atoms with Gasteiger partial charge in [-0.05, 0) is 70.6 Å². The molecular weight excluding hydrogens is 669 g/mol. The smallest absolute Gasteiger partial charge is 0.306 e. The van der Waals surface area contributed by atoms with Crippen LogP contribution in [0.2, 0.25) is 0 Å². The summed E-state index contributed by atoms with van der Waals surface area (Å²) in [4.78, 5) is 25.0. The minimum Gasteiger partial charge on any atom is -0.462 e. The Morgan fingerprint density at radius 1 is 0.407 bits per heavy atom. The number of hydrogen-bond acceptors (Lipinski definition) is 5. The first-order valence-corrected chi connectivity index (χ1v) is 23.5. The summed E-state index contributed by atoms with van der Waals surface area (Å²) in [5.74, 6) is -0.412. The molecule has 1 unspecified atom stereocenters. The summed E-state index contributed by atoms with van der Waals surface area (Å²) in [6, 6.07) is 0. The molecule has 0 aliphatic carbocycles. The Labute approximate surface area is 336 Å². The third-order valence-corrected chi connectivity index (χ3v) is 10.1. The first-order chi connectivity index (χ1) is 26.6. The first-order valence-electron chi connectivity index (χ1n) is 23.5. The fraction of sp³-hybridized carbons (Fsp3) is 0.837. The Morgan fingerprint density at radius 3 is 1.31 bits per heavy atom. The third-order valence-electron chi connectivity index (χ3n) is 10.1. The fourth-order valence-electron chi connectivity index (χ4n) is 6.60. The van der Waals surface area contributed by atoms with Crippen molar-refractivity contribution in [2.45, 2.75) is 245 Å². The maximum absolute atomic E-state index is 12.5. The maximum Gasteiger partial charge on any atom is 0.306 e. The van der Waals surface area contributed by atoms with E-state index >= 15 is 0 Å². The van der Waals surface area contributed by atoms with Crippen LogP contribution in [-0.4, -0.2) is 37.9 Å². The highest BCUT2D eigenvalue weighted by Gasteiger charge is 2.17. The van der Waals surface area contributed by atoms with Crippen molar-refractivity contribution in [3.8, 4) is 0 Å². The molecule has 0 aromatic carbocycles. The monoisotopic (exact) mass is 759 g/mol. The van der Waals surface area contributed by atoms with Crippen LogP contribution in [0, 0.1) is 0 Å². The quantitative estimate of drug-likeness (QED) is 0.0352. The molecule has 0 amide bonds. The summed E-state index contributed by atoms with van der Waals surface area (Å²) in [7, 11) is 0. The number of hydrogen-bond donors (Lipinski definition) is 0. The molecule has 0 heterocycles. The second-order valence-electron chi connectivity index (χ2n) is 15.7. The Morgan fingerprint density at radius 2 is 0.815 bits per heavy atom. The SMILES string of the molecule is CCC/C=C\C/C=C\CCCCCCCCOCC(COC(=O)CCCCCCCCCCC/C=C\CCCCCCCC)OC(=O)CCCCCCC. The van der Waals surface area contributed by atoms with Gasteiger partial charge in [-0.2, -0.15) is 0 Å². The molecule has 316 valence electrons. The predicted molar refractivity (Wildman–Crippen MR) is 233 cm³/mol. The summed E-state index contributed by atoms with van der Waals surface area (Å²) >= 11 is 0. The van der Waals surface area contributed by atoms with Gasteiger partial charge in [-0.1, -0.05) is 192 Å². The van der Waals surface area contributed by atoms with E-state index in [9.17, 15) is 9.59 Å². The van der Waals surface area contributed by atoms with Crippen LogP contribution >= 0.6 is 0 Å². The lowest BCUT2D eigenvalue weighted by molar-refractivity contribution is -0.163. The molecule has 0 N–H and O–H groups in total. The molecule has 0 spiro atoms. The Balaban J connectivity index is 4.02. The second kappa shape index (κ2) is 45.5. The van der Waals surface area contributed by atoms with Crippen molar-refractivity contribution in [1.29, 1.82) is 0 Å². The van der Waals surface area contributed by atoms with Crippen molar-refractivity contribution < 1.29 is 23.8 Å². The van der Waals surface area contributed by atoms with Crippen LogP contribution in [0.4, 0.5) is 0 Å². The van der Waals surface area contributed by atoms with Gasteiger partial charge in [-0.25, -0.2) is 0 Å². The molecule has 0 fully saturated rings. The highest BCUT2D eigenvalue weighted by molar-refractivity contribution is 5.70. The number of ether oxygens (including phenoxy) is 3. The average molecular weight is 759 g/mol. The molecule has 0 bridgehead atoms. The van der Waals surface area contributed by atoms with Crippen LogP contribution in [-0.2, 0) is 23.8 Å². The van der Waals surface area contributed by atoms with E-state index in [-0.39, 0.29) is 25.2 Å². The van der Waals surface area contributed by atoms with E-state index in [1.807, 2.05) is 0 Å². The van der Waals surface area contributed by atoms with Crippen molar-refractivity contribution in [3.63, 3.8) is 0 Å². The zero-order valence-corrected chi connectivity index (χ0v) is 36.2. The molecule has 0 aliphatic heterocycles. The molecule has 5 nitrogen and oxygen atoms in total. The van der Waals surface area contributed by atoms with E-state index in [0.717, 1.165) is 51.4 Å². The van der Waals surface area contributed by atoms with Crippen LogP contribution in [0.25, 0.3) is 0 Å². The van der Waals surface area contributed by atoms with Gasteiger partial charge < -0.3 is 14.2 Å². The average Bonchev–Trinajstić information content (AvgIpc) is 3.17. The molecule has 1 atom stereocenters. The molecule has 54 heavy (non-hydrogen) atoms.